The maximum atomic E-state index is 13.0. The van der Waals surface area contributed by atoms with E-state index in [9.17, 15) is 19.5 Å². The molecule has 0 aliphatic heterocycles. The van der Waals surface area contributed by atoms with Gasteiger partial charge in [0.2, 0.25) is 0 Å². The fourth-order valence-corrected chi connectivity index (χ4v) is 5.05. The number of carbonyl (C=O) groups is 2. The average Bonchev–Trinajstić information content (AvgIpc) is 3.57. The van der Waals surface area contributed by atoms with Crippen LogP contribution in [-0.2, 0) is 11.3 Å². The summed E-state index contributed by atoms with van der Waals surface area (Å²) in [6, 6.07) is 12.2. The number of Topliss-reactive ketones (excluding diaryl/α,β-unsaturated/α-hetero) is 1. The fourth-order valence-electron chi connectivity index (χ4n) is 5.05. The Morgan fingerprint density at radius 3 is 2.76 bits per heavy atom. The predicted molar refractivity (Wildman–Crippen MR) is 137 cm³/mol. The minimum Gasteiger partial charge on any atom is -0.493 e. The van der Waals surface area contributed by atoms with Gasteiger partial charge in [-0.2, -0.15) is 0 Å². The van der Waals surface area contributed by atoms with E-state index in [4.69, 9.17) is 9.15 Å². The van der Waals surface area contributed by atoms with E-state index >= 15 is 0 Å². The van der Waals surface area contributed by atoms with Gasteiger partial charge in [0.25, 0.3) is 5.56 Å². The van der Waals surface area contributed by atoms with Crippen molar-refractivity contribution in [1.29, 1.82) is 0 Å². The molecule has 0 bridgehead atoms. The third-order valence-corrected chi connectivity index (χ3v) is 7.22. The summed E-state index contributed by atoms with van der Waals surface area (Å²) in [5, 5.41) is 18.7. The number of carboxylic acids is 1. The van der Waals surface area contributed by atoms with Crippen molar-refractivity contribution in [2.75, 3.05) is 6.61 Å². The largest absolute Gasteiger partial charge is 0.493 e. The van der Waals surface area contributed by atoms with Crippen LogP contribution in [0.5, 0.6) is 5.75 Å². The molecule has 2 heterocycles. The van der Waals surface area contributed by atoms with Crippen LogP contribution in [0.2, 0.25) is 0 Å². The Hall–Kier alpha value is -4.01. The predicted octanol–water partition coefficient (Wildman–Crippen LogP) is 4.86. The van der Waals surface area contributed by atoms with Crippen LogP contribution < -0.4 is 10.3 Å². The lowest BCUT2D eigenvalue weighted by Gasteiger charge is -2.12. The molecule has 9 heteroatoms. The van der Waals surface area contributed by atoms with E-state index in [0.717, 1.165) is 17.0 Å². The van der Waals surface area contributed by atoms with E-state index in [1.807, 2.05) is 6.07 Å². The second-order valence-electron chi connectivity index (χ2n) is 9.68. The zero-order chi connectivity index (χ0) is 25.8. The van der Waals surface area contributed by atoms with E-state index in [1.165, 1.54) is 31.9 Å². The van der Waals surface area contributed by atoms with E-state index in [2.05, 4.69) is 10.3 Å². The summed E-state index contributed by atoms with van der Waals surface area (Å²) in [7, 11) is 0. The summed E-state index contributed by atoms with van der Waals surface area (Å²) in [6.07, 6.45) is 7.39. The minimum absolute atomic E-state index is 0.0363. The quantitative estimate of drug-likeness (QED) is 0.288. The highest BCUT2D eigenvalue weighted by Gasteiger charge is 2.25. The number of aryl methyl sites for hydroxylation is 1. The Balaban J connectivity index is 1.23. The van der Waals surface area contributed by atoms with Crippen LogP contribution in [0.15, 0.2) is 57.9 Å². The van der Waals surface area contributed by atoms with Crippen molar-refractivity contribution in [3.05, 3.63) is 64.6 Å². The summed E-state index contributed by atoms with van der Waals surface area (Å²) >= 11 is 0. The number of rotatable bonds is 11. The number of carboxylic acid groups (broad SMARTS) is 1. The number of carbonyl (C=O) groups excluding carboxylic acids is 1. The molecular formula is C28H29N3O6. The molecule has 192 valence electrons. The molecule has 0 radical (unpaired) electrons. The molecule has 1 saturated carbocycles. The van der Waals surface area contributed by atoms with Crippen LogP contribution in [0.4, 0.5) is 0 Å². The number of benzene rings is 2. The summed E-state index contributed by atoms with van der Waals surface area (Å²) in [4.78, 5) is 37.6. The molecule has 9 nitrogen and oxygen atoms in total. The molecule has 1 fully saturated rings. The Labute approximate surface area is 213 Å². The number of ether oxygens (including phenoxy) is 1. The molecular weight excluding hydrogens is 474 g/mol. The molecule has 4 aromatic rings. The second kappa shape index (κ2) is 10.9. The van der Waals surface area contributed by atoms with Gasteiger partial charge in [-0.3, -0.25) is 14.4 Å². The summed E-state index contributed by atoms with van der Waals surface area (Å²) in [6.45, 7) is 0.683. The van der Waals surface area contributed by atoms with Gasteiger partial charge in [0.1, 0.15) is 23.1 Å². The van der Waals surface area contributed by atoms with Crippen LogP contribution in [-0.4, -0.2) is 38.5 Å². The Morgan fingerprint density at radius 1 is 1.14 bits per heavy atom. The smallest absolute Gasteiger partial charge is 0.307 e. The van der Waals surface area contributed by atoms with Crippen LogP contribution in [0.1, 0.15) is 55.3 Å². The number of fused-ring (bicyclic) bond motifs is 2. The molecule has 1 N–H and O–H groups in total. The first-order chi connectivity index (χ1) is 18.0. The maximum absolute atomic E-state index is 13.0. The van der Waals surface area contributed by atoms with Gasteiger partial charge >= 0.3 is 5.97 Å². The maximum Gasteiger partial charge on any atom is 0.307 e. The van der Waals surface area contributed by atoms with Crippen molar-refractivity contribution in [1.82, 2.24) is 15.0 Å². The number of aliphatic carboxylic acids is 1. The van der Waals surface area contributed by atoms with Gasteiger partial charge in [-0.05, 0) is 43.0 Å². The Kier molecular flexibility index (Phi) is 7.30. The van der Waals surface area contributed by atoms with Crippen LogP contribution in [0, 0.1) is 11.8 Å². The molecule has 0 saturated heterocycles. The third kappa shape index (κ3) is 5.55. The van der Waals surface area contributed by atoms with Crippen molar-refractivity contribution in [3.8, 4) is 5.75 Å². The van der Waals surface area contributed by atoms with Crippen molar-refractivity contribution >= 4 is 33.6 Å². The van der Waals surface area contributed by atoms with Gasteiger partial charge in [-0.25, -0.2) is 4.68 Å². The van der Waals surface area contributed by atoms with Crippen molar-refractivity contribution in [2.45, 2.75) is 51.5 Å². The molecule has 5 rings (SSSR count). The number of nitrogens with zero attached hydrogens (tertiary/aromatic N) is 3. The molecule has 0 amide bonds. The van der Waals surface area contributed by atoms with Gasteiger partial charge in [0, 0.05) is 24.4 Å². The average molecular weight is 504 g/mol. The molecule has 1 aliphatic rings. The lowest BCUT2D eigenvalue weighted by molar-refractivity contribution is -0.142. The first-order valence-corrected chi connectivity index (χ1v) is 12.7. The highest BCUT2D eigenvalue weighted by atomic mass is 16.5. The van der Waals surface area contributed by atoms with E-state index in [1.54, 1.807) is 36.4 Å². The van der Waals surface area contributed by atoms with Crippen LogP contribution in [0.25, 0.3) is 21.9 Å². The molecule has 1 aliphatic carbocycles. The highest BCUT2D eigenvalue weighted by molar-refractivity contribution is 6.08. The molecule has 1 atom stereocenters. The van der Waals surface area contributed by atoms with Gasteiger partial charge < -0.3 is 14.3 Å². The Bertz CT molecular complexity index is 1480. The van der Waals surface area contributed by atoms with Crippen molar-refractivity contribution in [3.63, 3.8) is 0 Å². The minimum atomic E-state index is -1.11. The zero-order valence-corrected chi connectivity index (χ0v) is 20.5. The number of furan rings is 1. The monoisotopic (exact) mass is 503 g/mol. The van der Waals surface area contributed by atoms with Crippen molar-refractivity contribution in [2.24, 2.45) is 11.8 Å². The molecule has 2 aromatic carbocycles. The van der Waals surface area contributed by atoms with E-state index in [-0.39, 0.29) is 30.7 Å². The first-order valence-electron chi connectivity index (χ1n) is 12.7. The zero-order valence-electron chi connectivity index (χ0n) is 20.5. The highest BCUT2D eigenvalue weighted by Crippen LogP contribution is 2.30. The third-order valence-electron chi connectivity index (χ3n) is 7.22. The lowest BCUT2D eigenvalue weighted by Crippen LogP contribution is -2.27. The number of ketones is 1. The number of hydrogen-bond acceptors (Lipinski definition) is 7. The van der Waals surface area contributed by atoms with Crippen LogP contribution >= 0.6 is 0 Å². The summed E-state index contributed by atoms with van der Waals surface area (Å²) in [5.41, 5.74) is 0.985. The standard InChI is InChI=1S/C28H29N3O6/c32-25(15-19(28(34)35)11-13-31-27(33)22-7-3-4-8-24(22)29-30-31)23-17-37-26-16-20(9-10-21(23)26)36-14-12-18-5-1-2-6-18/h3-4,7-10,16-19H,1-2,5-6,11-15H2,(H,34,35). The van der Waals surface area contributed by atoms with Gasteiger partial charge in [-0.15, -0.1) is 5.10 Å². The summed E-state index contributed by atoms with van der Waals surface area (Å²) in [5.74, 6) is -1.01. The molecule has 0 spiro atoms. The van der Waals surface area contributed by atoms with Gasteiger partial charge in [0.05, 0.1) is 23.5 Å². The van der Waals surface area contributed by atoms with Crippen LogP contribution in [0.3, 0.4) is 0 Å². The SMILES string of the molecule is O=C(CC(CCn1nnc2ccccc2c1=O)C(=O)O)c1coc2cc(OCCC3CCCC3)ccc12. The van der Waals surface area contributed by atoms with E-state index in [0.29, 0.717) is 39.8 Å². The molecule has 37 heavy (non-hydrogen) atoms. The van der Waals surface area contributed by atoms with E-state index < -0.39 is 11.9 Å². The van der Waals surface area contributed by atoms with Gasteiger partial charge in [-0.1, -0.05) is 43.0 Å². The molecule has 2 aromatic heterocycles. The first kappa shape index (κ1) is 24.7. The normalized spacial score (nSPS) is 14.8. The van der Waals surface area contributed by atoms with Gasteiger partial charge in [0.15, 0.2) is 5.78 Å². The Morgan fingerprint density at radius 2 is 1.95 bits per heavy atom. The lowest BCUT2D eigenvalue weighted by atomic mass is 9.95. The topological polar surface area (TPSA) is 125 Å². The molecule has 1 unspecified atom stereocenters. The fraction of sp³-hybridized carbons (Fsp3) is 0.393. The van der Waals surface area contributed by atoms with Crippen molar-refractivity contribution < 1.29 is 23.8 Å². The number of hydrogen-bond donors (Lipinski definition) is 1. The summed E-state index contributed by atoms with van der Waals surface area (Å²) < 4.78 is 12.6. The second-order valence-corrected chi connectivity index (χ2v) is 9.68. The number of aromatic nitrogens is 3.